The highest BCUT2D eigenvalue weighted by Gasteiger charge is 2.27. The number of benzene rings is 1. The molecule has 18 heavy (non-hydrogen) atoms. The molecule has 1 fully saturated rings. The quantitative estimate of drug-likeness (QED) is 0.890. The number of aryl methyl sites for hydroxylation is 1. The van der Waals surface area contributed by atoms with Crippen molar-refractivity contribution < 1.29 is 4.74 Å². The van der Waals surface area contributed by atoms with Crippen molar-refractivity contribution >= 4 is 0 Å². The molecule has 100 valence electrons. The molecule has 2 N–H and O–H groups in total. The lowest BCUT2D eigenvalue weighted by atomic mass is 9.99. The molecule has 0 aromatic heterocycles. The summed E-state index contributed by atoms with van der Waals surface area (Å²) in [6, 6.07) is 8.96. The summed E-state index contributed by atoms with van der Waals surface area (Å²) < 4.78 is 5.84. The highest BCUT2D eigenvalue weighted by atomic mass is 16.5. The standard InChI is InChI=1S/C15H24N2O/c1-11(2)17-8-9-18-14(10-17)15(16)13-6-4-12(3)5-7-13/h4-7,11,14-15H,8-10,16H2,1-3H3. The lowest BCUT2D eigenvalue weighted by molar-refractivity contribution is -0.0502. The molecule has 0 radical (unpaired) electrons. The van der Waals surface area contributed by atoms with E-state index < -0.39 is 0 Å². The van der Waals surface area contributed by atoms with E-state index in [1.54, 1.807) is 0 Å². The first-order valence-electron chi connectivity index (χ1n) is 6.75. The van der Waals surface area contributed by atoms with Crippen LogP contribution in [0.1, 0.15) is 31.0 Å². The second kappa shape index (κ2) is 5.83. The SMILES string of the molecule is Cc1ccc(C(N)C2CN(C(C)C)CCO2)cc1. The zero-order chi connectivity index (χ0) is 13.1. The Bertz CT molecular complexity index is 375. The zero-order valence-corrected chi connectivity index (χ0v) is 11.6. The van der Waals surface area contributed by atoms with Gasteiger partial charge in [-0.2, -0.15) is 0 Å². The Kier molecular flexibility index (Phi) is 4.38. The lowest BCUT2D eigenvalue weighted by Crippen LogP contribution is -2.49. The highest BCUT2D eigenvalue weighted by Crippen LogP contribution is 2.21. The fourth-order valence-electron chi connectivity index (χ4n) is 2.39. The van der Waals surface area contributed by atoms with Gasteiger partial charge in [0.05, 0.1) is 18.8 Å². The van der Waals surface area contributed by atoms with Gasteiger partial charge in [-0.1, -0.05) is 29.8 Å². The molecule has 1 heterocycles. The number of nitrogens with zero attached hydrogens (tertiary/aromatic N) is 1. The smallest absolute Gasteiger partial charge is 0.0894 e. The molecule has 3 heteroatoms. The number of ether oxygens (including phenoxy) is 1. The van der Waals surface area contributed by atoms with Crippen LogP contribution in [0.25, 0.3) is 0 Å². The molecule has 1 aromatic rings. The van der Waals surface area contributed by atoms with Gasteiger partial charge in [-0.05, 0) is 26.3 Å². The third-order valence-corrected chi connectivity index (χ3v) is 3.72. The second-order valence-electron chi connectivity index (χ2n) is 5.43. The first-order chi connectivity index (χ1) is 8.58. The molecule has 3 nitrogen and oxygen atoms in total. The van der Waals surface area contributed by atoms with E-state index >= 15 is 0 Å². The van der Waals surface area contributed by atoms with Gasteiger partial charge in [0, 0.05) is 19.1 Å². The van der Waals surface area contributed by atoms with Gasteiger partial charge < -0.3 is 10.5 Å². The van der Waals surface area contributed by atoms with Crippen LogP contribution in [0.2, 0.25) is 0 Å². The monoisotopic (exact) mass is 248 g/mol. The maximum atomic E-state index is 6.33. The predicted molar refractivity (Wildman–Crippen MR) is 74.6 cm³/mol. The Balaban J connectivity index is 2.04. The van der Waals surface area contributed by atoms with Crippen LogP contribution in [-0.4, -0.2) is 36.7 Å². The second-order valence-corrected chi connectivity index (χ2v) is 5.43. The van der Waals surface area contributed by atoms with Crippen LogP contribution in [0.4, 0.5) is 0 Å². The minimum Gasteiger partial charge on any atom is -0.374 e. The molecule has 0 spiro atoms. The Morgan fingerprint density at radius 2 is 1.94 bits per heavy atom. The minimum atomic E-state index is -0.0350. The number of hydrogen-bond acceptors (Lipinski definition) is 3. The van der Waals surface area contributed by atoms with Crippen molar-refractivity contribution in [3.8, 4) is 0 Å². The Morgan fingerprint density at radius 3 is 2.56 bits per heavy atom. The summed E-state index contributed by atoms with van der Waals surface area (Å²) in [6.07, 6.45) is 0.101. The molecule has 1 aliphatic rings. The van der Waals surface area contributed by atoms with Gasteiger partial charge in [-0.3, -0.25) is 4.90 Å². The van der Waals surface area contributed by atoms with E-state index in [1.165, 1.54) is 5.56 Å². The Labute approximate surface area is 110 Å². The molecular formula is C15H24N2O. The van der Waals surface area contributed by atoms with Crippen LogP contribution in [0.5, 0.6) is 0 Å². The van der Waals surface area contributed by atoms with Crippen LogP contribution >= 0.6 is 0 Å². The molecule has 0 amide bonds. The van der Waals surface area contributed by atoms with E-state index in [4.69, 9.17) is 10.5 Å². The summed E-state index contributed by atoms with van der Waals surface area (Å²) in [5.41, 5.74) is 8.76. The minimum absolute atomic E-state index is 0.0350. The molecule has 0 saturated carbocycles. The van der Waals surface area contributed by atoms with Gasteiger partial charge in [0.2, 0.25) is 0 Å². The van der Waals surface area contributed by atoms with Gasteiger partial charge in [0.25, 0.3) is 0 Å². The van der Waals surface area contributed by atoms with Crippen LogP contribution in [0.15, 0.2) is 24.3 Å². The van der Waals surface area contributed by atoms with E-state index in [9.17, 15) is 0 Å². The molecule has 1 saturated heterocycles. The van der Waals surface area contributed by atoms with Crippen molar-refractivity contribution in [2.24, 2.45) is 5.73 Å². The summed E-state index contributed by atoms with van der Waals surface area (Å²) in [4.78, 5) is 2.43. The van der Waals surface area contributed by atoms with Gasteiger partial charge in [-0.15, -0.1) is 0 Å². The van der Waals surface area contributed by atoms with Crippen LogP contribution in [0, 0.1) is 6.92 Å². The number of morpholine rings is 1. The third kappa shape index (κ3) is 3.10. The maximum absolute atomic E-state index is 6.33. The third-order valence-electron chi connectivity index (χ3n) is 3.72. The molecule has 0 aliphatic carbocycles. The average Bonchev–Trinajstić information content (AvgIpc) is 2.39. The molecule has 2 unspecified atom stereocenters. The fraction of sp³-hybridized carbons (Fsp3) is 0.600. The summed E-state index contributed by atoms with van der Waals surface area (Å²) in [5, 5.41) is 0. The highest BCUT2D eigenvalue weighted by molar-refractivity contribution is 5.24. The molecule has 2 rings (SSSR count). The van der Waals surface area contributed by atoms with Gasteiger partial charge in [-0.25, -0.2) is 0 Å². The van der Waals surface area contributed by atoms with E-state index in [2.05, 4.69) is 49.9 Å². The first kappa shape index (κ1) is 13.5. The van der Waals surface area contributed by atoms with Crippen molar-refractivity contribution in [2.75, 3.05) is 19.7 Å². The normalized spacial score (nSPS) is 23.3. The Morgan fingerprint density at radius 1 is 1.28 bits per heavy atom. The van der Waals surface area contributed by atoms with Gasteiger partial charge >= 0.3 is 0 Å². The largest absolute Gasteiger partial charge is 0.374 e. The van der Waals surface area contributed by atoms with Crippen molar-refractivity contribution in [1.82, 2.24) is 4.90 Å². The molecule has 1 aromatic carbocycles. The zero-order valence-electron chi connectivity index (χ0n) is 11.6. The molecule has 1 aliphatic heterocycles. The maximum Gasteiger partial charge on any atom is 0.0894 e. The summed E-state index contributed by atoms with van der Waals surface area (Å²) in [7, 11) is 0. The van der Waals surface area contributed by atoms with Crippen molar-refractivity contribution in [1.29, 1.82) is 0 Å². The topological polar surface area (TPSA) is 38.5 Å². The van der Waals surface area contributed by atoms with Crippen LogP contribution in [0.3, 0.4) is 0 Å². The number of rotatable bonds is 3. The van der Waals surface area contributed by atoms with E-state index in [-0.39, 0.29) is 12.1 Å². The number of hydrogen-bond donors (Lipinski definition) is 1. The van der Waals surface area contributed by atoms with E-state index in [1.807, 2.05) is 0 Å². The van der Waals surface area contributed by atoms with Crippen LogP contribution in [-0.2, 0) is 4.74 Å². The molecule has 0 bridgehead atoms. The summed E-state index contributed by atoms with van der Waals surface area (Å²) in [5.74, 6) is 0. The number of nitrogens with two attached hydrogens (primary N) is 1. The van der Waals surface area contributed by atoms with Crippen LogP contribution < -0.4 is 5.73 Å². The average molecular weight is 248 g/mol. The van der Waals surface area contributed by atoms with Crippen molar-refractivity contribution in [3.05, 3.63) is 35.4 Å². The predicted octanol–water partition coefficient (Wildman–Crippen LogP) is 2.10. The van der Waals surface area contributed by atoms with Crippen molar-refractivity contribution in [3.63, 3.8) is 0 Å². The lowest BCUT2D eigenvalue weighted by Gasteiger charge is -2.38. The van der Waals surface area contributed by atoms with Gasteiger partial charge in [0.1, 0.15) is 0 Å². The Hall–Kier alpha value is -0.900. The summed E-state index contributed by atoms with van der Waals surface area (Å²) >= 11 is 0. The fourth-order valence-corrected chi connectivity index (χ4v) is 2.39. The summed E-state index contributed by atoms with van der Waals surface area (Å²) in [6.45, 7) is 9.25. The van der Waals surface area contributed by atoms with E-state index in [0.29, 0.717) is 6.04 Å². The molecular weight excluding hydrogens is 224 g/mol. The van der Waals surface area contributed by atoms with E-state index in [0.717, 1.165) is 25.3 Å². The first-order valence-corrected chi connectivity index (χ1v) is 6.75. The van der Waals surface area contributed by atoms with Crippen molar-refractivity contribution in [2.45, 2.75) is 39.0 Å². The van der Waals surface area contributed by atoms with Gasteiger partial charge in [0.15, 0.2) is 0 Å². The molecule has 2 atom stereocenters.